The van der Waals surface area contributed by atoms with E-state index in [4.69, 9.17) is 10.3 Å². The van der Waals surface area contributed by atoms with Gasteiger partial charge in [-0.25, -0.2) is 0 Å². The fraction of sp³-hybridized carbons (Fsp3) is 0.889. The highest BCUT2D eigenvalue weighted by Crippen LogP contribution is 2.43. The van der Waals surface area contributed by atoms with Crippen molar-refractivity contribution in [2.75, 3.05) is 6.61 Å². The number of ketones is 1. The number of azide groups is 1. The molecular formula is C18H31N3O3. The Hall–Kier alpha value is -1.55. The average Bonchev–Trinajstić information content (AvgIpc) is 2.58. The van der Waals surface area contributed by atoms with E-state index in [0.29, 0.717) is 31.7 Å². The molecule has 0 aromatic rings. The summed E-state index contributed by atoms with van der Waals surface area (Å²) in [6, 6.07) is 0. The van der Waals surface area contributed by atoms with Crippen molar-refractivity contribution in [3.05, 3.63) is 10.4 Å². The second-order valence-electron chi connectivity index (χ2n) is 6.72. The number of Topliss-reactive ketones (excluding diaryl/α,β-unsaturated/α-hetero) is 1. The third kappa shape index (κ3) is 6.52. The number of carbonyl (C=O) groups is 2. The first-order chi connectivity index (χ1) is 11.6. The van der Waals surface area contributed by atoms with Crippen molar-refractivity contribution in [3.63, 3.8) is 0 Å². The predicted octanol–water partition coefficient (Wildman–Crippen LogP) is 5.11. The van der Waals surface area contributed by atoms with Gasteiger partial charge in [0.1, 0.15) is 5.78 Å². The number of hydrogen-bond donors (Lipinski definition) is 0. The Bertz CT molecular complexity index is 460. The Labute approximate surface area is 145 Å². The van der Waals surface area contributed by atoms with E-state index in [9.17, 15) is 9.59 Å². The minimum atomic E-state index is -0.537. The fourth-order valence-corrected chi connectivity index (χ4v) is 3.69. The fourth-order valence-electron chi connectivity index (χ4n) is 3.69. The molecule has 0 spiro atoms. The summed E-state index contributed by atoms with van der Waals surface area (Å²) in [6.07, 6.45) is 8.55. The number of nitrogens with zero attached hydrogens (tertiary/aromatic N) is 3. The second-order valence-corrected chi connectivity index (χ2v) is 6.72. The predicted molar refractivity (Wildman–Crippen MR) is 93.5 cm³/mol. The zero-order valence-corrected chi connectivity index (χ0v) is 15.1. The van der Waals surface area contributed by atoms with Crippen LogP contribution < -0.4 is 0 Å². The molecule has 1 aliphatic rings. The molecule has 0 saturated heterocycles. The van der Waals surface area contributed by atoms with Crippen LogP contribution in [0.5, 0.6) is 0 Å². The highest BCUT2D eigenvalue weighted by Gasteiger charge is 2.40. The summed E-state index contributed by atoms with van der Waals surface area (Å²) in [6.45, 7) is 4.23. The molecule has 0 aromatic heterocycles. The van der Waals surface area contributed by atoms with Gasteiger partial charge >= 0.3 is 5.97 Å². The number of ether oxygens (including phenoxy) is 1. The molecular weight excluding hydrogens is 306 g/mol. The van der Waals surface area contributed by atoms with E-state index in [-0.39, 0.29) is 18.3 Å². The lowest BCUT2D eigenvalue weighted by Gasteiger charge is -2.41. The smallest absolute Gasteiger partial charge is 0.305 e. The number of hydrogen-bond acceptors (Lipinski definition) is 4. The van der Waals surface area contributed by atoms with Gasteiger partial charge in [-0.05, 0) is 50.5 Å². The van der Waals surface area contributed by atoms with E-state index < -0.39 is 5.54 Å². The molecule has 0 heterocycles. The van der Waals surface area contributed by atoms with Crippen LogP contribution in [0.4, 0.5) is 0 Å². The maximum absolute atomic E-state index is 12.0. The van der Waals surface area contributed by atoms with Gasteiger partial charge in [0.05, 0.1) is 12.1 Å². The Kier molecular flexibility index (Phi) is 9.46. The lowest BCUT2D eigenvalue weighted by atomic mass is 9.69. The lowest BCUT2D eigenvalue weighted by molar-refractivity contribution is -0.143. The monoisotopic (exact) mass is 337 g/mol. The van der Waals surface area contributed by atoms with Gasteiger partial charge < -0.3 is 4.74 Å². The molecule has 6 nitrogen and oxygen atoms in total. The third-order valence-corrected chi connectivity index (χ3v) is 5.06. The maximum atomic E-state index is 12.0. The van der Waals surface area contributed by atoms with Gasteiger partial charge in [-0.1, -0.05) is 31.3 Å². The van der Waals surface area contributed by atoms with Gasteiger partial charge in [0, 0.05) is 24.2 Å². The van der Waals surface area contributed by atoms with Crippen molar-refractivity contribution in [2.24, 2.45) is 11.0 Å². The highest BCUT2D eigenvalue weighted by atomic mass is 16.5. The van der Waals surface area contributed by atoms with Crippen LogP contribution >= 0.6 is 0 Å². The summed E-state index contributed by atoms with van der Waals surface area (Å²) in [5, 5.41) is 4.13. The van der Waals surface area contributed by atoms with Crippen molar-refractivity contribution in [1.82, 2.24) is 0 Å². The van der Waals surface area contributed by atoms with Gasteiger partial charge in [-0.15, -0.1) is 0 Å². The lowest BCUT2D eigenvalue weighted by Crippen LogP contribution is -2.39. The van der Waals surface area contributed by atoms with Gasteiger partial charge in [0.25, 0.3) is 0 Å². The zero-order valence-electron chi connectivity index (χ0n) is 15.1. The van der Waals surface area contributed by atoms with Crippen LogP contribution in [0.1, 0.15) is 84.5 Å². The molecule has 0 bridgehead atoms. The van der Waals surface area contributed by atoms with Gasteiger partial charge in [-0.2, -0.15) is 0 Å². The first-order valence-electron chi connectivity index (χ1n) is 9.31. The summed E-state index contributed by atoms with van der Waals surface area (Å²) in [5.74, 6) is 0.234. The molecule has 0 radical (unpaired) electrons. The summed E-state index contributed by atoms with van der Waals surface area (Å²) < 4.78 is 5.01. The summed E-state index contributed by atoms with van der Waals surface area (Å²) in [7, 11) is 0. The molecule has 0 aliphatic heterocycles. The standard InChI is InChI=1S/C18H31N3O3/c1-3-5-9-16(22)11-10-15-8-6-7-13-18(15,20-21-19)14-12-17(23)24-4-2/h15H,3-14H2,1-2H3/t15-,18-/m0/s1. The van der Waals surface area contributed by atoms with Crippen molar-refractivity contribution in [3.8, 4) is 0 Å². The number of rotatable bonds is 11. The highest BCUT2D eigenvalue weighted by molar-refractivity contribution is 5.78. The Morgan fingerprint density at radius 1 is 1.25 bits per heavy atom. The van der Waals surface area contributed by atoms with Crippen molar-refractivity contribution in [2.45, 2.75) is 90.0 Å². The molecule has 6 heteroatoms. The normalized spacial score (nSPS) is 23.3. The van der Waals surface area contributed by atoms with Gasteiger partial charge in [0.15, 0.2) is 0 Å². The number of esters is 1. The first-order valence-corrected chi connectivity index (χ1v) is 9.31. The molecule has 1 fully saturated rings. The van der Waals surface area contributed by atoms with Crippen LogP contribution in [0.3, 0.4) is 0 Å². The van der Waals surface area contributed by atoms with Crippen molar-refractivity contribution in [1.29, 1.82) is 0 Å². The molecule has 136 valence electrons. The van der Waals surface area contributed by atoms with Crippen molar-refractivity contribution < 1.29 is 14.3 Å². The Morgan fingerprint density at radius 3 is 2.71 bits per heavy atom. The maximum Gasteiger partial charge on any atom is 0.305 e. The molecule has 0 N–H and O–H groups in total. The van der Waals surface area contributed by atoms with Crippen LogP contribution in [-0.2, 0) is 14.3 Å². The Morgan fingerprint density at radius 2 is 2.04 bits per heavy atom. The topological polar surface area (TPSA) is 92.1 Å². The Balaban J connectivity index is 2.71. The molecule has 1 aliphatic carbocycles. The van der Waals surface area contributed by atoms with Crippen LogP contribution in [0.25, 0.3) is 10.4 Å². The summed E-state index contributed by atoms with van der Waals surface area (Å²) in [5.41, 5.74) is 8.50. The quantitative estimate of drug-likeness (QED) is 0.227. The molecule has 1 rings (SSSR count). The van der Waals surface area contributed by atoms with Gasteiger partial charge in [0.2, 0.25) is 0 Å². The summed E-state index contributed by atoms with van der Waals surface area (Å²) in [4.78, 5) is 26.8. The first kappa shape index (κ1) is 20.5. The largest absolute Gasteiger partial charge is 0.466 e. The minimum Gasteiger partial charge on any atom is -0.466 e. The van der Waals surface area contributed by atoms with E-state index in [2.05, 4.69) is 16.9 Å². The van der Waals surface area contributed by atoms with E-state index in [1.165, 1.54) is 0 Å². The number of carbonyl (C=O) groups excluding carboxylic acids is 2. The van der Waals surface area contributed by atoms with Crippen molar-refractivity contribution >= 4 is 11.8 Å². The van der Waals surface area contributed by atoms with E-state index in [0.717, 1.165) is 44.9 Å². The molecule has 24 heavy (non-hydrogen) atoms. The summed E-state index contributed by atoms with van der Waals surface area (Å²) >= 11 is 0. The van der Waals surface area contributed by atoms with Crippen LogP contribution in [0.15, 0.2) is 5.11 Å². The van der Waals surface area contributed by atoms with E-state index in [1.54, 1.807) is 6.92 Å². The molecule has 1 saturated carbocycles. The van der Waals surface area contributed by atoms with E-state index in [1.807, 2.05) is 0 Å². The van der Waals surface area contributed by atoms with Crippen LogP contribution in [-0.4, -0.2) is 23.9 Å². The minimum absolute atomic E-state index is 0.183. The van der Waals surface area contributed by atoms with Crippen LogP contribution in [0, 0.1) is 5.92 Å². The van der Waals surface area contributed by atoms with Gasteiger partial charge in [-0.3, -0.25) is 9.59 Å². The average molecular weight is 337 g/mol. The molecule has 2 atom stereocenters. The third-order valence-electron chi connectivity index (χ3n) is 5.06. The SMILES string of the molecule is CCCCC(=O)CC[C@@H]1CCCC[C@@]1(CCC(=O)OCC)N=[N+]=[N-]. The number of unbranched alkanes of at least 4 members (excludes halogenated alkanes) is 1. The van der Waals surface area contributed by atoms with E-state index >= 15 is 0 Å². The second kappa shape index (κ2) is 11.1. The molecule has 0 aromatic carbocycles. The molecule has 0 unspecified atom stereocenters. The zero-order chi connectivity index (χ0) is 17.8. The molecule has 0 amide bonds. The van der Waals surface area contributed by atoms with Crippen LogP contribution in [0.2, 0.25) is 0 Å².